The normalized spacial score (nSPS) is 12.1. The molecule has 6 nitrogen and oxygen atoms in total. The molecule has 0 bridgehead atoms. The Kier molecular flexibility index (Phi) is 8.03. The van der Waals surface area contributed by atoms with Crippen LogP contribution in [0.5, 0.6) is 23.0 Å². The van der Waals surface area contributed by atoms with Crippen LogP contribution < -0.4 is 14.2 Å². The average Bonchev–Trinajstić information content (AvgIpc) is 2.61. The van der Waals surface area contributed by atoms with Crippen molar-refractivity contribution in [2.75, 3.05) is 21.3 Å². The molecule has 144 valence electrons. The highest BCUT2D eigenvalue weighted by molar-refractivity contribution is 5.85. The molecule has 0 unspecified atom stereocenters. The van der Waals surface area contributed by atoms with Crippen molar-refractivity contribution in [3.8, 4) is 23.0 Å². The number of carbonyl (C=O) groups is 1. The number of aliphatic carboxylic acids is 1. The van der Waals surface area contributed by atoms with Gasteiger partial charge in [0.1, 0.15) is 0 Å². The van der Waals surface area contributed by atoms with Crippen LogP contribution in [-0.2, 0) is 11.2 Å². The van der Waals surface area contributed by atoms with E-state index in [1.807, 2.05) is 13.0 Å². The van der Waals surface area contributed by atoms with E-state index in [4.69, 9.17) is 19.3 Å². The van der Waals surface area contributed by atoms with Gasteiger partial charge in [-0.1, -0.05) is 17.7 Å². The van der Waals surface area contributed by atoms with Crippen molar-refractivity contribution in [3.05, 3.63) is 34.4 Å². The largest absolute Gasteiger partial charge is 0.504 e. The standard InChI is InChI=1S/C20H28O6/c1-12(8-7-9-13(2)20(22)23)10-11-15-14(3)16(21)18(25-5)19(26-6)17(15)24-4/h9-10,21H,7-8,11H2,1-6H3,(H,22,23). The summed E-state index contributed by atoms with van der Waals surface area (Å²) in [5.41, 5.74) is 2.96. The van der Waals surface area contributed by atoms with E-state index in [2.05, 4.69) is 0 Å². The van der Waals surface area contributed by atoms with Crippen LogP contribution in [0.4, 0.5) is 0 Å². The molecule has 0 aliphatic carbocycles. The Balaban J connectivity index is 3.07. The van der Waals surface area contributed by atoms with Crippen molar-refractivity contribution in [2.45, 2.75) is 40.0 Å². The molecule has 6 heteroatoms. The second kappa shape index (κ2) is 9.75. The summed E-state index contributed by atoms with van der Waals surface area (Å²) < 4.78 is 16.1. The van der Waals surface area contributed by atoms with E-state index in [-0.39, 0.29) is 11.5 Å². The molecule has 0 radical (unpaired) electrons. The number of hydrogen-bond acceptors (Lipinski definition) is 5. The van der Waals surface area contributed by atoms with E-state index < -0.39 is 5.97 Å². The molecule has 1 aromatic carbocycles. The third-order valence-electron chi connectivity index (χ3n) is 4.30. The van der Waals surface area contributed by atoms with Gasteiger partial charge >= 0.3 is 5.97 Å². The number of phenols is 1. The Hall–Kier alpha value is -2.63. The van der Waals surface area contributed by atoms with Crippen LogP contribution in [0.1, 0.15) is 37.8 Å². The molecule has 1 rings (SSSR count). The van der Waals surface area contributed by atoms with E-state index in [1.54, 1.807) is 27.0 Å². The summed E-state index contributed by atoms with van der Waals surface area (Å²) in [5.74, 6) is 0.282. The van der Waals surface area contributed by atoms with Gasteiger partial charge in [0.15, 0.2) is 11.5 Å². The number of ether oxygens (including phenoxy) is 3. The zero-order valence-corrected chi connectivity index (χ0v) is 16.3. The van der Waals surface area contributed by atoms with E-state index in [0.717, 1.165) is 17.6 Å². The van der Waals surface area contributed by atoms with Crippen molar-refractivity contribution in [1.29, 1.82) is 0 Å². The van der Waals surface area contributed by atoms with Gasteiger partial charge in [0, 0.05) is 16.7 Å². The minimum absolute atomic E-state index is 0.0335. The SMILES string of the molecule is COc1c(O)c(C)c(CC=C(C)CCC=C(C)C(=O)O)c(OC)c1OC. The first kappa shape index (κ1) is 21.4. The first-order chi connectivity index (χ1) is 12.3. The molecule has 0 aliphatic heterocycles. The summed E-state index contributed by atoms with van der Waals surface area (Å²) >= 11 is 0. The fourth-order valence-corrected chi connectivity index (χ4v) is 2.65. The number of carboxylic acids is 1. The molecule has 1 aromatic rings. The predicted octanol–water partition coefficient (Wildman–Crippen LogP) is 4.03. The third-order valence-corrected chi connectivity index (χ3v) is 4.30. The minimum atomic E-state index is -0.896. The summed E-state index contributed by atoms with van der Waals surface area (Å²) in [7, 11) is 4.51. The molecule has 0 aromatic heterocycles. The van der Waals surface area contributed by atoms with E-state index in [0.29, 0.717) is 35.5 Å². The predicted molar refractivity (Wildman–Crippen MR) is 101 cm³/mol. The number of aromatic hydroxyl groups is 1. The number of benzene rings is 1. The number of carboxylic acid groups (broad SMARTS) is 1. The van der Waals surface area contributed by atoms with Gasteiger partial charge in [0.05, 0.1) is 21.3 Å². The van der Waals surface area contributed by atoms with Crippen LogP contribution >= 0.6 is 0 Å². The lowest BCUT2D eigenvalue weighted by molar-refractivity contribution is -0.132. The highest BCUT2D eigenvalue weighted by atomic mass is 16.5. The summed E-state index contributed by atoms with van der Waals surface area (Å²) in [6.07, 6.45) is 5.73. The molecule has 26 heavy (non-hydrogen) atoms. The lowest BCUT2D eigenvalue weighted by atomic mass is 9.99. The zero-order chi connectivity index (χ0) is 19.9. The van der Waals surface area contributed by atoms with Crippen LogP contribution in [0, 0.1) is 6.92 Å². The Bertz CT molecular complexity index is 716. The maximum absolute atomic E-state index is 10.8. The van der Waals surface area contributed by atoms with Crippen molar-refractivity contribution in [2.24, 2.45) is 0 Å². The molecule has 0 saturated carbocycles. The van der Waals surface area contributed by atoms with E-state index in [1.165, 1.54) is 14.2 Å². The van der Waals surface area contributed by atoms with Gasteiger partial charge < -0.3 is 24.4 Å². The second-order valence-corrected chi connectivity index (χ2v) is 6.04. The first-order valence-electron chi connectivity index (χ1n) is 8.34. The summed E-state index contributed by atoms with van der Waals surface area (Å²) in [6, 6.07) is 0. The fourth-order valence-electron chi connectivity index (χ4n) is 2.65. The maximum Gasteiger partial charge on any atom is 0.330 e. The molecular weight excluding hydrogens is 336 g/mol. The molecule has 0 aliphatic rings. The molecular formula is C20H28O6. The Morgan fingerprint density at radius 3 is 2.08 bits per heavy atom. The van der Waals surface area contributed by atoms with E-state index >= 15 is 0 Å². The quantitative estimate of drug-likeness (QED) is 0.508. The van der Waals surface area contributed by atoms with Crippen molar-refractivity contribution in [3.63, 3.8) is 0 Å². The number of rotatable bonds is 9. The minimum Gasteiger partial charge on any atom is -0.504 e. The highest BCUT2D eigenvalue weighted by Crippen LogP contribution is 2.48. The highest BCUT2D eigenvalue weighted by Gasteiger charge is 2.23. The Morgan fingerprint density at radius 1 is 1.00 bits per heavy atom. The number of allylic oxidation sites excluding steroid dienone is 3. The van der Waals surface area contributed by atoms with Crippen molar-refractivity contribution >= 4 is 5.97 Å². The zero-order valence-electron chi connectivity index (χ0n) is 16.3. The molecule has 0 spiro atoms. The Morgan fingerprint density at radius 2 is 1.58 bits per heavy atom. The van der Waals surface area contributed by atoms with Crippen molar-refractivity contribution in [1.82, 2.24) is 0 Å². The summed E-state index contributed by atoms with van der Waals surface area (Å²) in [6.45, 7) is 5.38. The van der Waals surface area contributed by atoms with Gasteiger partial charge in [0.2, 0.25) is 11.5 Å². The van der Waals surface area contributed by atoms with Gasteiger partial charge in [-0.3, -0.25) is 0 Å². The van der Waals surface area contributed by atoms with Gasteiger partial charge in [-0.25, -0.2) is 4.79 Å². The van der Waals surface area contributed by atoms with Crippen molar-refractivity contribution < 1.29 is 29.2 Å². The van der Waals surface area contributed by atoms with Gasteiger partial charge in [-0.2, -0.15) is 0 Å². The molecule has 0 saturated heterocycles. The summed E-state index contributed by atoms with van der Waals surface area (Å²) in [5, 5.41) is 19.2. The monoisotopic (exact) mass is 364 g/mol. The van der Waals surface area contributed by atoms with Crippen LogP contribution in [0.25, 0.3) is 0 Å². The molecule has 2 N–H and O–H groups in total. The summed E-state index contributed by atoms with van der Waals surface area (Å²) in [4.78, 5) is 10.8. The van der Waals surface area contributed by atoms with Gasteiger partial charge in [0.25, 0.3) is 0 Å². The fraction of sp³-hybridized carbons (Fsp3) is 0.450. The lowest BCUT2D eigenvalue weighted by Crippen LogP contribution is -2.02. The molecule has 0 amide bonds. The van der Waals surface area contributed by atoms with E-state index in [9.17, 15) is 9.90 Å². The molecule has 0 atom stereocenters. The van der Waals surface area contributed by atoms with Crippen LogP contribution in [0.15, 0.2) is 23.3 Å². The third kappa shape index (κ3) is 4.94. The lowest BCUT2D eigenvalue weighted by Gasteiger charge is -2.19. The topological polar surface area (TPSA) is 85.2 Å². The smallest absolute Gasteiger partial charge is 0.330 e. The van der Waals surface area contributed by atoms with Crippen LogP contribution in [0.3, 0.4) is 0 Å². The van der Waals surface area contributed by atoms with Crippen LogP contribution in [0.2, 0.25) is 0 Å². The number of phenolic OH excluding ortho intramolecular Hbond substituents is 1. The second-order valence-electron chi connectivity index (χ2n) is 6.04. The number of methoxy groups -OCH3 is 3. The molecule has 0 heterocycles. The Labute approximate surface area is 154 Å². The van der Waals surface area contributed by atoms with Gasteiger partial charge in [-0.15, -0.1) is 0 Å². The molecule has 0 fully saturated rings. The average molecular weight is 364 g/mol. The first-order valence-corrected chi connectivity index (χ1v) is 8.34. The van der Waals surface area contributed by atoms with Crippen LogP contribution in [-0.4, -0.2) is 37.5 Å². The maximum atomic E-state index is 10.8. The van der Waals surface area contributed by atoms with Gasteiger partial charge in [-0.05, 0) is 40.0 Å². The number of hydrogen-bond donors (Lipinski definition) is 2.